The molecule has 1 aromatic rings. The molecule has 0 atom stereocenters. The molecule has 2 amide bonds. The van der Waals surface area contributed by atoms with Crippen molar-refractivity contribution in [1.82, 2.24) is 10.2 Å². The summed E-state index contributed by atoms with van der Waals surface area (Å²) in [5, 5.41) is 3.29. The van der Waals surface area contributed by atoms with Gasteiger partial charge in [0.2, 0.25) is 5.91 Å². The summed E-state index contributed by atoms with van der Waals surface area (Å²) in [6.07, 6.45) is 0.654. The highest BCUT2D eigenvalue weighted by Gasteiger charge is 2.07. The van der Waals surface area contributed by atoms with Crippen LogP contribution in [0.15, 0.2) is 30.0 Å². The highest BCUT2D eigenvalue weighted by atomic mass is 35.5. The van der Waals surface area contributed by atoms with Crippen LogP contribution in [-0.2, 0) is 16.1 Å². The van der Waals surface area contributed by atoms with Crippen molar-refractivity contribution in [2.75, 3.05) is 14.1 Å². The Bertz CT molecular complexity index is 571. The molecule has 0 aliphatic heterocycles. The van der Waals surface area contributed by atoms with Crippen LogP contribution in [0.5, 0.6) is 0 Å². The van der Waals surface area contributed by atoms with Gasteiger partial charge in [0.05, 0.1) is 10.0 Å². The number of halogens is 2. The molecule has 0 fully saturated rings. The van der Waals surface area contributed by atoms with E-state index in [-0.39, 0.29) is 12.5 Å². The average Bonchev–Trinajstić information content (AvgIpc) is 2.39. The summed E-state index contributed by atoms with van der Waals surface area (Å²) < 4.78 is 5.02. The first-order valence-corrected chi connectivity index (χ1v) is 6.82. The molecule has 0 saturated heterocycles. The lowest BCUT2D eigenvalue weighted by Gasteiger charge is -2.10. The van der Waals surface area contributed by atoms with Crippen LogP contribution < -0.4 is 5.32 Å². The van der Waals surface area contributed by atoms with Gasteiger partial charge in [0.15, 0.2) is 0 Å². The van der Waals surface area contributed by atoms with Crippen LogP contribution in [0.1, 0.15) is 12.5 Å². The van der Waals surface area contributed by atoms with Crippen LogP contribution in [0.25, 0.3) is 0 Å². The maximum Gasteiger partial charge on any atom is 0.411 e. The minimum Gasteiger partial charge on any atom is -0.444 e. The third-order valence-corrected chi connectivity index (χ3v) is 3.17. The van der Waals surface area contributed by atoms with Gasteiger partial charge in [-0.25, -0.2) is 4.79 Å². The van der Waals surface area contributed by atoms with E-state index in [0.29, 0.717) is 21.3 Å². The standard InChI is InChI=1S/C14H16Cl2N2O3/c1-9(6-13(19)18(2)3)17-14(20)21-8-10-4-5-11(15)12(16)7-10/h4-7H,8H2,1-3H3,(H,17,20)/b9-6-. The van der Waals surface area contributed by atoms with Crippen LogP contribution >= 0.6 is 23.2 Å². The lowest BCUT2D eigenvalue weighted by molar-refractivity contribution is -0.123. The number of hydrogen-bond donors (Lipinski definition) is 1. The number of likely N-dealkylation sites (N-methyl/N-ethyl adjacent to an activating group) is 1. The van der Waals surface area contributed by atoms with Crippen LogP contribution in [0.4, 0.5) is 4.79 Å². The largest absolute Gasteiger partial charge is 0.444 e. The van der Waals surface area contributed by atoms with Gasteiger partial charge in [0, 0.05) is 25.9 Å². The summed E-state index contributed by atoms with van der Waals surface area (Å²) >= 11 is 11.7. The zero-order chi connectivity index (χ0) is 16.0. The molecular formula is C14H16Cl2N2O3. The number of alkyl carbamates (subject to hydrolysis) is 1. The molecule has 0 spiro atoms. The molecule has 21 heavy (non-hydrogen) atoms. The summed E-state index contributed by atoms with van der Waals surface area (Å²) in [5.41, 5.74) is 1.11. The molecule has 0 aliphatic carbocycles. The lowest BCUT2D eigenvalue weighted by atomic mass is 10.2. The molecule has 5 nitrogen and oxygen atoms in total. The van der Waals surface area contributed by atoms with Gasteiger partial charge in [-0.05, 0) is 24.6 Å². The van der Waals surface area contributed by atoms with Crippen molar-refractivity contribution in [3.05, 3.63) is 45.6 Å². The predicted molar refractivity (Wildman–Crippen MR) is 82.2 cm³/mol. The Morgan fingerprint density at radius 3 is 2.52 bits per heavy atom. The van der Waals surface area contributed by atoms with E-state index < -0.39 is 6.09 Å². The van der Waals surface area contributed by atoms with Gasteiger partial charge in [0.1, 0.15) is 6.61 Å². The number of ether oxygens (including phenoxy) is 1. The quantitative estimate of drug-likeness (QED) is 0.862. The Kier molecular flexibility index (Phi) is 6.52. The van der Waals surface area contributed by atoms with E-state index in [2.05, 4.69) is 5.32 Å². The minimum atomic E-state index is -0.652. The summed E-state index contributed by atoms with van der Waals surface area (Å²) in [4.78, 5) is 24.4. The number of amides is 2. The first kappa shape index (κ1) is 17.3. The molecule has 0 heterocycles. The minimum absolute atomic E-state index is 0.0532. The number of carbonyl (C=O) groups is 2. The molecule has 114 valence electrons. The maximum atomic E-state index is 11.6. The summed E-state index contributed by atoms with van der Waals surface area (Å²) in [7, 11) is 3.24. The average molecular weight is 331 g/mol. The third kappa shape index (κ3) is 6.06. The molecular weight excluding hydrogens is 315 g/mol. The van der Waals surface area contributed by atoms with Gasteiger partial charge >= 0.3 is 6.09 Å². The molecule has 1 aromatic carbocycles. The van der Waals surface area contributed by atoms with Gasteiger partial charge in [-0.15, -0.1) is 0 Å². The lowest BCUT2D eigenvalue weighted by Crippen LogP contribution is -2.25. The highest BCUT2D eigenvalue weighted by molar-refractivity contribution is 6.42. The van der Waals surface area contributed by atoms with Gasteiger partial charge in [-0.2, -0.15) is 0 Å². The Labute approximate surface area is 133 Å². The summed E-state index contributed by atoms with van der Waals surface area (Å²) in [6, 6.07) is 4.95. The zero-order valence-corrected chi connectivity index (χ0v) is 13.5. The van der Waals surface area contributed by atoms with Crippen LogP contribution in [0.2, 0.25) is 10.0 Å². The number of rotatable bonds is 4. The fourth-order valence-electron chi connectivity index (χ4n) is 1.33. The van der Waals surface area contributed by atoms with Crippen LogP contribution in [0.3, 0.4) is 0 Å². The maximum absolute atomic E-state index is 11.6. The van der Waals surface area contributed by atoms with Crippen LogP contribution in [-0.4, -0.2) is 31.0 Å². The van der Waals surface area contributed by atoms with Crippen LogP contribution in [0, 0.1) is 0 Å². The van der Waals surface area contributed by atoms with Crippen molar-refractivity contribution in [2.24, 2.45) is 0 Å². The Morgan fingerprint density at radius 1 is 1.29 bits per heavy atom. The number of nitrogens with one attached hydrogen (secondary N) is 1. The number of hydrogen-bond acceptors (Lipinski definition) is 3. The van der Waals surface area contributed by atoms with Crippen molar-refractivity contribution < 1.29 is 14.3 Å². The van der Waals surface area contributed by atoms with E-state index in [1.54, 1.807) is 39.2 Å². The van der Waals surface area contributed by atoms with Crippen molar-refractivity contribution in [3.8, 4) is 0 Å². The third-order valence-electron chi connectivity index (χ3n) is 2.43. The van der Waals surface area contributed by atoms with Crippen molar-refractivity contribution in [1.29, 1.82) is 0 Å². The molecule has 0 aromatic heterocycles. The second-order valence-electron chi connectivity index (χ2n) is 4.51. The molecule has 0 aliphatic rings. The topological polar surface area (TPSA) is 58.6 Å². The first-order chi connectivity index (χ1) is 9.79. The fraction of sp³-hybridized carbons (Fsp3) is 0.286. The number of allylic oxidation sites excluding steroid dienone is 1. The Balaban J connectivity index is 2.50. The normalized spacial score (nSPS) is 11.0. The van der Waals surface area contributed by atoms with Gasteiger partial charge < -0.3 is 9.64 Å². The van der Waals surface area contributed by atoms with E-state index in [1.807, 2.05) is 0 Å². The van der Waals surface area contributed by atoms with E-state index in [9.17, 15) is 9.59 Å². The molecule has 0 unspecified atom stereocenters. The highest BCUT2D eigenvalue weighted by Crippen LogP contribution is 2.22. The van der Waals surface area contributed by atoms with Gasteiger partial charge in [0.25, 0.3) is 0 Å². The van der Waals surface area contributed by atoms with Crippen molar-refractivity contribution in [2.45, 2.75) is 13.5 Å². The molecule has 0 radical (unpaired) electrons. The number of benzene rings is 1. The zero-order valence-electron chi connectivity index (χ0n) is 11.9. The molecule has 1 rings (SSSR count). The molecule has 7 heteroatoms. The van der Waals surface area contributed by atoms with Crippen molar-refractivity contribution in [3.63, 3.8) is 0 Å². The monoisotopic (exact) mass is 330 g/mol. The fourth-order valence-corrected chi connectivity index (χ4v) is 1.65. The van der Waals surface area contributed by atoms with E-state index in [4.69, 9.17) is 27.9 Å². The SMILES string of the molecule is C/C(=C/C(=O)N(C)C)NC(=O)OCc1ccc(Cl)c(Cl)c1. The smallest absolute Gasteiger partial charge is 0.411 e. The second kappa shape index (κ2) is 7.90. The van der Waals surface area contributed by atoms with Gasteiger partial charge in [-0.3, -0.25) is 10.1 Å². The number of carbonyl (C=O) groups excluding carboxylic acids is 2. The first-order valence-electron chi connectivity index (χ1n) is 6.07. The molecule has 0 bridgehead atoms. The van der Waals surface area contributed by atoms with Gasteiger partial charge in [-0.1, -0.05) is 29.3 Å². The summed E-state index contributed by atoms with van der Waals surface area (Å²) in [5.74, 6) is -0.225. The Hall–Kier alpha value is -1.72. The van der Waals surface area contributed by atoms with E-state index >= 15 is 0 Å². The van der Waals surface area contributed by atoms with E-state index in [1.165, 1.54) is 11.0 Å². The van der Waals surface area contributed by atoms with E-state index in [0.717, 1.165) is 0 Å². The number of nitrogens with zero attached hydrogens (tertiary/aromatic N) is 1. The predicted octanol–water partition coefficient (Wildman–Crippen LogP) is 3.21. The van der Waals surface area contributed by atoms with Crippen molar-refractivity contribution >= 4 is 35.2 Å². The molecule has 0 saturated carbocycles. The summed E-state index contributed by atoms with van der Waals surface area (Å²) in [6.45, 7) is 1.65. The Morgan fingerprint density at radius 2 is 1.95 bits per heavy atom. The second-order valence-corrected chi connectivity index (χ2v) is 5.32. The molecule has 1 N–H and O–H groups in total.